The lowest BCUT2D eigenvalue weighted by atomic mass is 10.1. The topological polar surface area (TPSA) is 130 Å². The first-order valence-electron chi connectivity index (χ1n) is 7.45. The third-order valence-corrected chi connectivity index (χ3v) is 4.74. The zero-order chi connectivity index (χ0) is 19.4. The predicted molar refractivity (Wildman–Crippen MR) is 95.0 cm³/mol. The molecule has 3 aromatic rings. The van der Waals surface area contributed by atoms with Crippen LogP contribution >= 0.6 is 0 Å². The van der Waals surface area contributed by atoms with Crippen molar-refractivity contribution in [3.05, 3.63) is 76.2 Å². The highest BCUT2D eigenvalue weighted by molar-refractivity contribution is 7.89. The minimum atomic E-state index is -4.09. The Morgan fingerprint density at radius 3 is 2.67 bits per heavy atom. The van der Waals surface area contributed by atoms with E-state index in [1.165, 1.54) is 54.9 Å². The molecule has 138 valence electrons. The van der Waals surface area contributed by atoms with Crippen LogP contribution in [0.2, 0.25) is 0 Å². The molecule has 27 heavy (non-hydrogen) atoms. The predicted octanol–water partition coefficient (Wildman–Crippen LogP) is 2.44. The van der Waals surface area contributed by atoms with Crippen molar-refractivity contribution in [1.82, 2.24) is 15.0 Å². The van der Waals surface area contributed by atoms with Crippen molar-refractivity contribution in [2.24, 2.45) is 5.10 Å². The van der Waals surface area contributed by atoms with Gasteiger partial charge in [0.2, 0.25) is 0 Å². The molecule has 0 aliphatic heterocycles. The third kappa shape index (κ3) is 4.15. The molecule has 1 aromatic heterocycles. The SMILES string of the molecule is O=[N+]([O-])c1cccc(S(=O)(=O)N/N=C/c2cn[nH]c2-c2ccc(F)cc2)c1. The Morgan fingerprint density at radius 2 is 1.96 bits per heavy atom. The Bertz CT molecular complexity index is 1110. The molecule has 9 nitrogen and oxygen atoms in total. The minimum absolute atomic E-state index is 0.292. The first-order valence-corrected chi connectivity index (χ1v) is 8.94. The summed E-state index contributed by atoms with van der Waals surface area (Å²) in [5.74, 6) is -0.391. The van der Waals surface area contributed by atoms with Crippen LogP contribution in [0.4, 0.5) is 10.1 Å². The summed E-state index contributed by atoms with van der Waals surface area (Å²) in [6.07, 6.45) is 2.64. The minimum Gasteiger partial charge on any atom is -0.277 e. The summed E-state index contributed by atoms with van der Waals surface area (Å²) in [5, 5.41) is 21.0. The zero-order valence-electron chi connectivity index (χ0n) is 13.5. The fourth-order valence-corrected chi connectivity index (χ4v) is 3.05. The number of rotatable bonds is 6. The van der Waals surface area contributed by atoms with Crippen LogP contribution in [0.25, 0.3) is 11.3 Å². The van der Waals surface area contributed by atoms with E-state index in [0.29, 0.717) is 16.8 Å². The number of H-pyrrole nitrogens is 1. The summed E-state index contributed by atoms with van der Waals surface area (Å²) in [6, 6.07) is 10.2. The van der Waals surface area contributed by atoms with Crippen molar-refractivity contribution in [3.63, 3.8) is 0 Å². The Hall–Kier alpha value is -3.60. The first kappa shape index (κ1) is 18.2. The second-order valence-electron chi connectivity index (χ2n) is 5.31. The molecule has 0 unspecified atom stereocenters. The van der Waals surface area contributed by atoms with E-state index in [4.69, 9.17) is 0 Å². The molecular formula is C16H12FN5O4S. The Balaban J connectivity index is 1.80. The molecule has 0 radical (unpaired) electrons. The molecule has 1 heterocycles. The van der Waals surface area contributed by atoms with E-state index in [9.17, 15) is 22.9 Å². The summed E-state index contributed by atoms with van der Waals surface area (Å²) in [5.41, 5.74) is 1.27. The molecule has 0 aliphatic rings. The van der Waals surface area contributed by atoms with Gasteiger partial charge in [-0.15, -0.1) is 0 Å². The van der Waals surface area contributed by atoms with Crippen molar-refractivity contribution < 1.29 is 17.7 Å². The maximum Gasteiger partial charge on any atom is 0.276 e. The fraction of sp³-hybridized carbons (Fsp3) is 0. The van der Waals surface area contributed by atoms with Crippen LogP contribution in [0.1, 0.15) is 5.56 Å². The summed E-state index contributed by atoms with van der Waals surface area (Å²) in [6.45, 7) is 0. The van der Waals surface area contributed by atoms with E-state index in [0.717, 1.165) is 6.07 Å². The van der Waals surface area contributed by atoms with Gasteiger partial charge >= 0.3 is 0 Å². The highest BCUT2D eigenvalue weighted by atomic mass is 32.2. The van der Waals surface area contributed by atoms with Gasteiger partial charge in [0.05, 0.1) is 27.9 Å². The molecule has 0 spiro atoms. The second-order valence-corrected chi connectivity index (χ2v) is 6.98. The molecule has 11 heteroatoms. The number of nitrogens with one attached hydrogen (secondary N) is 2. The summed E-state index contributed by atoms with van der Waals surface area (Å²) < 4.78 is 37.5. The lowest BCUT2D eigenvalue weighted by Crippen LogP contribution is -2.18. The molecule has 0 atom stereocenters. The van der Waals surface area contributed by atoms with Crippen LogP contribution in [-0.4, -0.2) is 29.8 Å². The average molecular weight is 389 g/mol. The molecule has 0 fully saturated rings. The van der Waals surface area contributed by atoms with E-state index in [2.05, 4.69) is 15.3 Å². The molecule has 0 aliphatic carbocycles. The van der Waals surface area contributed by atoms with E-state index < -0.39 is 20.8 Å². The molecule has 2 aromatic carbocycles. The lowest BCUT2D eigenvalue weighted by Gasteiger charge is -2.03. The number of hydrazone groups is 1. The van der Waals surface area contributed by atoms with Crippen LogP contribution in [0.5, 0.6) is 0 Å². The second kappa shape index (κ2) is 7.33. The standard InChI is InChI=1S/C16H12FN5O4S/c17-13-6-4-11(5-7-13)16-12(9-18-20-16)10-19-21-27(25,26)15-3-1-2-14(8-15)22(23)24/h1-10,21H,(H,18,20)/b19-10+. The molecule has 0 amide bonds. The number of nitrogens with zero attached hydrogens (tertiary/aromatic N) is 3. The van der Waals surface area contributed by atoms with Gasteiger partial charge in [0, 0.05) is 23.3 Å². The number of hydrogen-bond acceptors (Lipinski definition) is 6. The quantitative estimate of drug-likeness (QED) is 0.380. The highest BCUT2D eigenvalue weighted by Gasteiger charge is 2.17. The van der Waals surface area contributed by atoms with Gasteiger partial charge in [0.25, 0.3) is 15.7 Å². The van der Waals surface area contributed by atoms with Gasteiger partial charge in [-0.2, -0.15) is 18.6 Å². The maximum absolute atomic E-state index is 13.0. The van der Waals surface area contributed by atoms with E-state index in [1.807, 2.05) is 4.83 Å². The molecule has 3 rings (SSSR count). The number of aromatic nitrogens is 2. The summed E-state index contributed by atoms with van der Waals surface area (Å²) in [4.78, 5) is 11.8. The van der Waals surface area contributed by atoms with Crippen molar-refractivity contribution in [2.75, 3.05) is 0 Å². The number of hydrogen-bond donors (Lipinski definition) is 2. The molecule has 0 saturated carbocycles. The Labute approximate surface area is 152 Å². The number of benzene rings is 2. The lowest BCUT2D eigenvalue weighted by molar-refractivity contribution is -0.385. The molecule has 0 saturated heterocycles. The van der Waals surface area contributed by atoms with Gasteiger partial charge < -0.3 is 0 Å². The Kier molecular flexibility index (Phi) is 4.94. The largest absolute Gasteiger partial charge is 0.277 e. The van der Waals surface area contributed by atoms with E-state index in [-0.39, 0.29) is 10.6 Å². The summed E-state index contributed by atoms with van der Waals surface area (Å²) in [7, 11) is -4.09. The number of non-ortho nitro benzene ring substituents is 1. The number of aromatic amines is 1. The molecular weight excluding hydrogens is 377 g/mol. The number of halogens is 1. The first-order chi connectivity index (χ1) is 12.9. The molecule has 0 bridgehead atoms. The van der Waals surface area contributed by atoms with Gasteiger partial charge in [-0.25, -0.2) is 9.22 Å². The van der Waals surface area contributed by atoms with E-state index >= 15 is 0 Å². The number of sulfonamides is 1. The van der Waals surface area contributed by atoms with Crippen LogP contribution in [-0.2, 0) is 10.0 Å². The van der Waals surface area contributed by atoms with Gasteiger partial charge in [-0.05, 0) is 30.3 Å². The van der Waals surface area contributed by atoms with Gasteiger partial charge in [-0.1, -0.05) is 6.07 Å². The van der Waals surface area contributed by atoms with Gasteiger partial charge in [-0.3, -0.25) is 15.2 Å². The van der Waals surface area contributed by atoms with Crippen molar-refractivity contribution in [1.29, 1.82) is 0 Å². The highest BCUT2D eigenvalue weighted by Crippen LogP contribution is 2.20. The monoisotopic (exact) mass is 389 g/mol. The van der Waals surface area contributed by atoms with E-state index in [1.54, 1.807) is 0 Å². The van der Waals surface area contributed by atoms with Crippen molar-refractivity contribution >= 4 is 21.9 Å². The van der Waals surface area contributed by atoms with Crippen LogP contribution in [0.15, 0.2) is 64.7 Å². The van der Waals surface area contributed by atoms with Gasteiger partial charge in [0.15, 0.2) is 0 Å². The number of nitro groups is 1. The van der Waals surface area contributed by atoms with Crippen LogP contribution in [0, 0.1) is 15.9 Å². The zero-order valence-corrected chi connectivity index (χ0v) is 14.4. The van der Waals surface area contributed by atoms with Gasteiger partial charge in [0.1, 0.15) is 5.82 Å². The van der Waals surface area contributed by atoms with Crippen LogP contribution < -0.4 is 4.83 Å². The van der Waals surface area contributed by atoms with Crippen LogP contribution in [0.3, 0.4) is 0 Å². The maximum atomic E-state index is 13.0. The molecule has 2 N–H and O–H groups in total. The van der Waals surface area contributed by atoms with Crippen molar-refractivity contribution in [3.8, 4) is 11.3 Å². The normalized spacial score (nSPS) is 11.6. The summed E-state index contributed by atoms with van der Waals surface area (Å²) >= 11 is 0. The third-order valence-electron chi connectivity index (χ3n) is 3.52. The number of nitro benzene ring substituents is 1. The smallest absolute Gasteiger partial charge is 0.276 e. The van der Waals surface area contributed by atoms with Crippen molar-refractivity contribution in [2.45, 2.75) is 4.90 Å². The average Bonchev–Trinajstić information content (AvgIpc) is 3.11. The fourth-order valence-electron chi connectivity index (χ4n) is 2.22. The Morgan fingerprint density at radius 1 is 1.22 bits per heavy atom.